The van der Waals surface area contributed by atoms with E-state index in [-0.39, 0.29) is 6.42 Å². The summed E-state index contributed by atoms with van der Waals surface area (Å²) in [7, 11) is 2.90. The molecule has 0 fully saturated rings. The highest BCUT2D eigenvalue weighted by Crippen LogP contribution is 2.12. The molecule has 0 aromatic carbocycles. The van der Waals surface area contributed by atoms with Gasteiger partial charge in [-0.15, -0.1) is 0 Å². The summed E-state index contributed by atoms with van der Waals surface area (Å²) in [6, 6.07) is 1.90. The van der Waals surface area contributed by atoms with E-state index in [0.29, 0.717) is 0 Å². The highest BCUT2D eigenvalue weighted by atomic mass is 16.7. The smallest absolute Gasteiger partial charge is 0.180 e. The SMILES string of the molecule is [CH2]C(CC#N)(OC)OC. The predicted molar refractivity (Wildman–Crippen MR) is 32.3 cm³/mol. The molecule has 0 aliphatic heterocycles. The van der Waals surface area contributed by atoms with Gasteiger partial charge in [0.05, 0.1) is 12.5 Å². The van der Waals surface area contributed by atoms with Crippen LogP contribution in [0.25, 0.3) is 0 Å². The quantitative estimate of drug-likeness (QED) is 0.526. The molecule has 3 heteroatoms. The van der Waals surface area contributed by atoms with Crippen molar-refractivity contribution >= 4 is 0 Å². The average molecular weight is 128 g/mol. The van der Waals surface area contributed by atoms with Gasteiger partial charge in [0, 0.05) is 21.1 Å². The van der Waals surface area contributed by atoms with Gasteiger partial charge in [0.25, 0.3) is 0 Å². The third kappa shape index (κ3) is 2.45. The number of ether oxygens (including phenoxy) is 2. The standard InChI is InChI=1S/C6H10NO2/c1-6(8-2,9-3)4-5-7/h1,4H2,2-3H3. The fourth-order valence-electron chi connectivity index (χ4n) is 0.348. The summed E-state index contributed by atoms with van der Waals surface area (Å²) >= 11 is 0. The molecule has 9 heavy (non-hydrogen) atoms. The van der Waals surface area contributed by atoms with Crippen LogP contribution in [0.3, 0.4) is 0 Å². The topological polar surface area (TPSA) is 42.2 Å². The minimum Gasteiger partial charge on any atom is -0.352 e. The summed E-state index contributed by atoms with van der Waals surface area (Å²) in [6.45, 7) is 3.53. The molecule has 51 valence electrons. The van der Waals surface area contributed by atoms with Gasteiger partial charge in [-0.1, -0.05) is 0 Å². The minimum absolute atomic E-state index is 0.139. The van der Waals surface area contributed by atoms with Crippen LogP contribution in [-0.2, 0) is 9.47 Å². The first-order chi connectivity index (χ1) is 4.18. The summed E-state index contributed by atoms with van der Waals surface area (Å²) in [5.74, 6) is -0.977. The van der Waals surface area contributed by atoms with Crippen LogP contribution in [0.2, 0.25) is 0 Å². The van der Waals surface area contributed by atoms with E-state index >= 15 is 0 Å². The van der Waals surface area contributed by atoms with Crippen LogP contribution in [0.15, 0.2) is 0 Å². The Kier molecular flexibility index (Phi) is 3.21. The molecule has 0 aromatic heterocycles. The molecular weight excluding hydrogens is 118 g/mol. The molecule has 0 rings (SSSR count). The van der Waals surface area contributed by atoms with Crippen molar-refractivity contribution < 1.29 is 9.47 Å². The minimum atomic E-state index is -0.977. The van der Waals surface area contributed by atoms with E-state index in [1.807, 2.05) is 6.07 Å². The van der Waals surface area contributed by atoms with Crippen molar-refractivity contribution in [3.8, 4) is 6.07 Å². The lowest BCUT2D eigenvalue weighted by Crippen LogP contribution is -2.29. The fourth-order valence-corrected chi connectivity index (χ4v) is 0.348. The third-order valence-electron chi connectivity index (χ3n) is 1.09. The van der Waals surface area contributed by atoms with Gasteiger partial charge in [0.2, 0.25) is 0 Å². The van der Waals surface area contributed by atoms with E-state index in [1.54, 1.807) is 0 Å². The maximum absolute atomic E-state index is 8.21. The van der Waals surface area contributed by atoms with Crippen LogP contribution in [0.4, 0.5) is 0 Å². The molecule has 0 atom stereocenters. The van der Waals surface area contributed by atoms with Crippen molar-refractivity contribution in [2.75, 3.05) is 14.2 Å². The molecule has 0 heterocycles. The largest absolute Gasteiger partial charge is 0.352 e. The normalized spacial score (nSPS) is 10.9. The number of methoxy groups -OCH3 is 2. The Labute approximate surface area is 55.2 Å². The molecule has 3 nitrogen and oxygen atoms in total. The van der Waals surface area contributed by atoms with E-state index in [2.05, 4.69) is 6.92 Å². The third-order valence-corrected chi connectivity index (χ3v) is 1.09. The molecule has 1 radical (unpaired) electrons. The Morgan fingerprint density at radius 3 is 2.11 bits per heavy atom. The van der Waals surface area contributed by atoms with E-state index in [4.69, 9.17) is 14.7 Å². The Bertz CT molecular complexity index is 113. The Morgan fingerprint density at radius 2 is 2.00 bits per heavy atom. The highest BCUT2D eigenvalue weighted by molar-refractivity contribution is 4.84. The molecule has 0 saturated heterocycles. The van der Waals surface area contributed by atoms with Crippen molar-refractivity contribution in [3.63, 3.8) is 0 Å². The Balaban J connectivity index is 3.80. The van der Waals surface area contributed by atoms with Gasteiger partial charge in [-0.2, -0.15) is 5.26 Å². The van der Waals surface area contributed by atoms with Crippen molar-refractivity contribution in [1.82, 2.24) is 0 Å². The van der Waals surface area contributed by atoms with Crippen LogP contribution in [-0.4, -0.2) is 20.0 Å². The molecule has 0 bridgehead atoms. The van der Waals surface area contributed by atoms with Gasteiger partial charge < -0.3 is 9.47 Å². The van der Waals surface area contributed by atoms with Gasteiger partial charge >= 0.3 is 0 Å². The molecule has 0 aromatic rings. The first-order valence-electron chi connectivity index (χ1n) is 2.51. The molecule has 0 aliphatic rings. The number of hydrogen-bond acceptors (Lipinski definition) is 3. The van der Waals surface area contributed by atoms with Crippen LogP contribution in [0.1, 0.15) is 6.42 Å². The van der Waals surface area contributed by atoms with Crippen LogP contribution >= 0.6 is 0 Å². The molecule has 0 unspecified atom stereocenters. The van der Waals surface area contributed by atoms with Crippen LogP contribution < -0.4 is 0 Å². The molecule has 0 saturated carbocycles. The van der Waals surface area contributed by atoms with Gasteiger partial charge in [-0.25, -0.2) is 0 Å². The summed E-state index contributed by atoms with van der Waals surface area (Å²) in [5, 5.41) is 8.21. The van der Waals surface area contributed by atoms with Crippen molar-refractivity contribution in [2.24, 2.45) is 0 Å². The lowest BCUT2D eigenvalue weighted by atomic mass is 10.2. The van der Waals surface area contributed by atoms with E-state index in [9.17, 15) is 0 Å². The second-order valence-corrected chi connectivity index (χ2v) is 1.65. The molecule has 0 N–H and O–H groups in total. The summed E-state index contributed by atoms with van der Waals surface area (Å²) in [5.41, 5.74) is 0. The Hall–Kier alpha value is -0.590. The zero-order valence-electron chi connectivity index (χ0n) is 5.68. The van der Waals surface area contributed by atoms with Gasteiger partial charge in [-0.05, 0) is 0 Å². The number of hydrogen-bond donors (Lipinski definition) is 0. The second-order valence-electron chi connectivity index (χ2n) is 1.65. The first kappa shape index (κ1) is 8.41. The van der Waals surface area contributed by atoms with Crippen molar-refractivity contribution in [1.29, 1.82) is 5.26 Å². The second kappa shape index (κ2) is 3.44. The summed E-state index contributed by atoms with van der Waals surface area (Å²) < 4.78 is 9.54. The number of nitriles is 1. The van der Waals surface area contributed by atoms with Crippen LogP contribution in [0.5, 0.6) is 0 Å². The predicted octanol–water partition coefficient (Wildman–Crippen LogP) is 0.723. The molecule has 0 aliphatic carbocycles. The van der Waals surface area contributed by atoms with Crippen molar-refractivity contribution in [2.45, 2.75) is 12.2 Å². The molecule has 0 spiro atoms. The first-order valence-corrected chi connectivity index (χ1v) is 2.51. The monoisotopic (exact) mass is 128 g/mol. The molecular formula is C6H10NO2. The van der Waals surface area contributed by atoms with Gasteiger partial charge in [0.15, 0.2) is 5.79 Å². The summed E-state index contributed by atoms with van der Waals surface area (Å²) in [6.07, 6.45) is 0.139. The zero-order valence-corrected chi connectivity index (χ0v) is 5.68. The van der Waals surface area contributed by atoms with E-state index in [1.165, 1.54) is 14.2 Å². The fraction of sp³-hybridized carbons (Fsp3) is 0.667. The Morgan fingerprint density at radius 1 is 1.56 bits per heavy atom. The number of nitrogens with zero attached hydrogens (tertiary/aromatic N) is 1. The average Bonchev–Trinajstić information content (AvgIpc) is 1.89. The lowest BCUT2D eigenvalue weighted by Gasteiger charge is -2.22. The van der Waals surface area contributed by atoms with E-state index < -0.39 is 5.79 Å². The highest BCUT2D eigenvalue weighted by Gasteiger charge is 2.21. The maximum atomic E-state index is 8.21. The van der Waals surface area contributed by atoms with Crippen LogP contribution in [0, 0.1) is 18.3 Å². The van der Waals surface area contributed by atoms with Gasteiger partial charge in [-0.3, -0.25) is 0 Å². The summed E-state index contributed by atoms with van der Waals surface area (Å²) in [4.78, 5) is 0. The zero-order chi connectivity index (χ0) is 7.33. The van der Waals surface area contributed by atoms with Gasteiger partial charge in [0.1, 0.15) is 0 Å². The maximum Gasteiger partial charge on any atom is 0.180 e. The van der Waals surface area contributed by atoms with Crippen molar-refractivity contribution in [3.05, 3.63) is 6.92 Å². The number of rotatable bonds is 3. The molecule has 0 amide bonds. The lowest BCUT2D eigenvalue weighted by molar-refractivity contribution is -0.168. The van der Waals surface area contributed by atoms with E-state index in [0.717, 1.165) is 0 Å².